The monoisotopic (exact) mass is 269 g/mol. The van der Waals surface area contributed by atoms with Crippen LogP contribution in [0.2, 0.25) is 0 Å². The average Bonchev–Trinajstić information content (AvgIpc) is 2.46. The zero-order valence-electron chi connectivity index (χ0n) is 10.4. The van der Waals surface area contributed by atoms with E-state index in [1.165, 1.54) is 30.3 Å². The lowest BCUT2D eigenvalue weighted by Gasteiger charge is -2.14. The van der Waals surface area contributed by atoms with Crippen LogP contribution in [0.4, 0.5) is 11.4 Å². The van der Waals surface area contributed by atoms with Crippen LogP contribution < -0.4 is 5.32 Å². The number of anilines is 1. The van der Waals surface area contributed by atoms with Crippen molar-refractivity contribution < 1.29 is 10.0 Å². The van der Waals surface area contributed by atoms with Gasteiger partial charge < -0.3 is 10.4 Å². The van der Waals surface area contributed by atoms with Crippen LogP contribution in [0.1, 0.15) is 11.6 Å². The van der Waals surface area contributed by atoms with E-state index in [0.717, 1.165) is 0 Å². The van der Waals surface area contributed by atoms with E-state index in [-0.39, 0.29) is 11.4 Å². The molecule has 0 aliphatic carbocycles. The van der Waals surface area contributed by atoms with Gasteiger partial charge in [0.25, 0.3) is 5.69 Å². The fraction of sp³-hybridized carbons (Fsp3) is 0.0714. The van der Waals surface area contributed by atoms with Gasteiger partial charge in [-0.05, 0) is 29.8 Å². The number of benzene rings is 2. The predicted octanol–water partition coefficient (Wildman–Crippen LogP) is 2.98. The van der Waals surface area contributed by atoms with Gasteiger partial charge in [-0.2, -0.15) is 5.26 Å². The smallest absolute Gasteiger partial charge is 0.269 e. The first-order chi connectivity index (χ1) is 9.61. The Balaban J connectivity index is 2.23. The molecule has 6 nitrogen and oxygen atoms in total. The Morgan fingerprint density at radius 2 is 1.85 bits per heavy atom. The molecule has 2 rings (SSSR count). The maximum Gasteiger partial charge on any atom is 0.269 e. The highest BCUT2D eigenvalue weighted by Gasteiger charge is 2.13. The molecule has 0 aliphatic rings. The average molecular weight is 269 g/mol. The molecule has 2 aromatic rings. The second kappa shape index (κ2) is 5.71. The third-order valence-electron chi connectivity index (χ3n) is 2.77. The number of nitrogens with one attached hydrogen (secondary N) is 1. The molecule has 6 heteroatoms. The zero-order chi connectivity index (χ0) is 14.5. The van der Waals surface area contributed by atoms with Crippen molar-refractivity contribution in [1.82, 2.24) is 0 Å². The summed E-state index contributed by atoms with van der Waals surface area (Å²) in [6.45, 7) is 0. The molecule has 0 saturated heterocycles. The highest BCUT2D eigenvalue weighted by molar-refractivity contribution is 5.57. The van der Waals surface area contributed by atoms with Gasteiger partial charge in [0.1, 0.15) is 11.8 Å². The molecule has 0 fully saturated rings. The topological polar surface area (TPSA) is 99.2 Å². The van der Waals surface area contributed by atoms with Gasteiger partial charge in [0.15, 0.2) is 0 Å². The van der Waals surface area contributed by atoms with Gasteiger partial charge in [-0.15, -0.1) is 0 Å². The van der Waals surface area contributed by atoms with Gasteiger partial charge in [-0.1, -0.05) is 12.1 Å². The Labute approximate surface area is 115 Å². The van der Waals surface area contributed by atoms with Gasteiger partial charge in [0.05, 0.1) is 16.7 Å². The minimum absolute atomic E-state index is 0.0343. The highest BCUT2D eigenvalue weighted by Crippen LogP contribution is 2.27. The van der Waals surface area contributed by atoms with E-state index < -0.39 is 11.0 Å². The van der Waals surface area contributed by atoms with Gasteiger partial charge in [-0.25, -0.2) is 0 Å². The minimum atomic E-state index is -0.705. The lowest BCUT2D eigenvalue weighted by molar-refractivity contribution is -0.384. The number of nitrogens with zero attached hydrogens (tertiary/aromatic N) is 2. The fourth-order valence-electron chi connectivity index (χ4n) is 1.73. The van der Waals surface area contributed by atoms with Crippen LogP contribution in [0, 0.1) is 21.4 Å². The maximum absolute atomic E-state index is 10.6. The Kier molecular flexibility index (Phi) is 3.82. The zero-order valence-corrected chi connectivity index (χ0v) is 10.4. The van der Waals surface area contributed by atoms with E-state index in [2.05, 4.69) is 11.4 Å². The van der Waals surface area contributed by atoms with Crippen molar-refractivity contribution in [3.8, 4) is 11.8 Å². The number of phenols is 1. The van der Waals surface area contributed by atoms with Crippen molar-refractivity contribution in [3.63, 3.8) is 0 Å². The van der Waals surface area contributed by atoms with Crippen LogP contribution in [0.25, 0.3) is 0 Å². The summed E-state index contributed by atoms with van der Waals surface area (Å²) in [7, 11) is 0. The Bertz CT molecular complexity index is 662. The summed E-state index contributed by atoms with van der Waals surface area (Å²) in [6.07, 6.45) is 0. The first-order valence-electron chi connectivity index (χ1n) is 5.80. The van der Waals surface area contributed by atoms with Crippen LogP contribution in [-0.4, -0.2) is 10.0 Å². The third kappa shape index (κ3) is 2.84. The second-order valence-corrected chi connectivity index (χ2v) is 4.07. The fourth-order valence-corrected chi connectivity index (χ4v) is 1.73. The van der Waals surface area contributed by atoms with Crippen LogP contribution in [0.15, 0.2) is 48.5 Å². The summed E-state index contributed by atoms with van der Waals surface area (Å²) in [6, 6.07) is 13.6. The molecule has 0 bridgehead atoms. The van der Waals surface area contributed by atoms with Crippen molar-refractivity contribution in [1.29, 1.82) is 5.26 Å². The number of nitro groups is 1. The molecular formula is C14H11N3O3. The molecule has 0 saturated carbocycles. The quantitative estimate of drug-likeness (QED) is 0.505. The molecule has 0 aliphatic heterocycles. The van der Waals surface area contributed by atoms with Crippen molar-refractivity contribution in [2.24, 2.45) is 0 Å². The van der Waals surface area contributed by atoms with Crippen molar-refractivity contribution in [3.05, 3.63) is 64.2 Å². The number of aromatic hydroxyl groups is 1. The van der Waals surface area contributed by atoms with Gasteiger partial charge >= 0.3 is 0 Å². The van der Waals surface area contributed by atoms with Crippen molar-refractivity contribution >= 4 is 11.4 Å². The number of non-ortho nitro benzene ring substituents is 1. The van der Waals surface area contributed by atoms with E-state index in [0.29, 0.717) is 11.3 Å². The van der Waals surface area contributed by atoms with Crippen LogP contribution in [0.3, 0.4) is 0 Å². The first kappa shape index (κ1) is 13.4. The highest BCUT2D eigenvalue weighted by atomic mass is 16.6. The van der Waals surface area contributed by atoms with E-state index in [1.807, 2.05) is 0 Å². The summed E-state index contributed by atoms with van der Waals surface area (Å²) >= 11 is 0. The lowest BCUT2D eigenvalue weighted by Crippen LogP contribution is -2.08. The summed E-state index contributed by atoms with van der Waals surface area (Å²) in [5, 5.41) is 32.3. The number of rotatable bonds is 4. The molecule has 0 aromatic heterocycles. The molecule has 2 aromatic carbocycles. The standard InChI is InChI=1S/C14H11N3O3/c15-9-13(16-12-3-1-2-4-14(12)18)10-5-7-11(8-6-10)17(19)20/h1-8,13,16,18H. The van der Waals surface area contributed by atoms with Crippen molar-refractivity contribution in [2.45, 2.75) is 6.04 Å². The number of hydrogen-bond donors (Lipinski definition) is 2. The number of nitro benzene ring substituents is 1. The van der Waals surface area contributed by atoms with Crippen LogP contribution in [0.5, 0.6) is 5.75 Å². The molecule has 1 unspecified atom stereocenters. The Morgan fingerprint density at radius 3 is 2.40 bits per heavy atom. The number of nitriles is 1. The van der Waals surface area contributed by atoms with Gasteiger partial charge in [0.2, 0.25) is 0 Å². The summed E-state index contributed by atoms with van der Waals surface area (Å²) < 4.78 is 0. The van der Waals surface area contributed by atoms with E-state index in [9.17, 15) is 20.5 Å². The SMILES string of the molecule is N#CC(Nc1ccccc1O)c1ccc([N+](=O)[O-])cc1. The number of para-hydroxylation sites is 2. The Morgan fingerprint density at radius 1 is 1.20 bits per heavy atom. The number of phenolic OH excluding ortho intramolecular Hbond substituents is 1. The van der Waals surface area contributed by atoms with Crippen molar-refractivity contribution in [2.75, 3.05) is 5.32 Å². The second-order valence-electron chi connectivity index (χ2n) is 4.07. The van der Waals surface area contributed by atoms with E-state index in [1.54, 1.807) is 18.2 Å². The summed E-state index contributed by atoms with van der Waals surface area (Å²) in [5.74, 6) is 0.0367. The molecule has 1 atom stereocenters. The molecule has 0 heterocycles. The summed E-state index contributed by atoms with van der Waals surface area (Å²) in [4.78, 5) is 10.1. The van der Waals surface area contributed by atoms with E-state index >= 15 is 0 Å². The van der Waals surface area contributed by atoms with Crippen LogP contribution >= 0.6 is 0 Å². The molecule has 0 radical (unpaired) electrons. The maximum atomic E-state index is 10.6. The molecular weight excluding hydrogens is 258 g/mol. The van der Waals surface area contributed by atoms with Gasteiger partial charge in [0, 0.05) is 12.1 Å². The molecule has 100 valence electrons. The van der Waals surface area contributed by atoms with Crippen LogP contribution in [-0.2, 0) is 0 Å². The molecule has 0 spiro atoms. The predicted molar refractivity (Wildman–Crippen MR) is 73.2 cm³/mol. The molecule has 2 N–H and O–H groups in total. The molecule has 0 amide bonds. The third-order valence-corrected chi connectivity index (χ3v) is 2.77. The lowest BCUT2D eigenvalue weighted by atomic mass is 10.1. The molecule has 20 heavy (non-hydrogen) atoms. The Hall–Kier alpha value is -3.07. The number of hydrogen-bond acceptors (Lipinski definition) is 5. The normalized spacial score (nSPS) is 11.3. The van der Waals surface area contributed by atoms with Gasteiger partial charge in [-0.3, -0.25) is 10.1 Å². The first-order valence-corrected chi connectivity index (χ1v) is 5.80. The van der Waals surface area contributed by atoms with E-state index in [4.69, 9.17) is 0 Å². The minimum Gasteiger partial charge on any atom is -0.506 e. The summed E-state index contributed by atoms with van der Waals surface area (Å²) in [5.41, 5.74) is 0.978. The largest absolute Gasteiger partial charge is 0.506 e.